The van der Waals surface area contributed by atoms with Gasteiger partial charge in [-0.25, -0.2) is 0 Å². The number of fused-ring (bicyclic) bond motifs is 1. The predicted octanol–water partition coefficient (Wildman–Crippen LogP) is -1.10. The lowest BCUT2D eigenvalue weighted by atomic mass is 9.68. The molecular weight excluding hydrogens is 616 g/mol. The van der Waals surface area contributed by atoms with E-state index in [0.29, 0.717) is 76.4 Å². The van der Waals surface area contributed by atoms with E-state index in [1.165, 1.54) is 0 Å². The molecule has 10 atom stereocenters. The highest BCUT2D eigenvalue weighted by Crippen LogP contribution is 2.41. The molecule has 14 nitrogen and oxygen atoms in total. The summed E-state index contributed by atoms with van der Waals surface area (Å²) in [7, 11) is 0. The monoisotopic (exact) mass is 678 g/mol. The fraction of sp³-hybridized carbons (Fsp3) is 0.941. The zero-order valence-electron chi connectivity index (χ0n) is 29.6. The molecule has 5 heterocycles. The summed E-state index contributed by atoms with van der Waals surface area (Å²) in [4.78, 5) is 32.6. The van der Waals surface area contributed by atoms with Crippen molar-refractivity contribution in [2.24, 2.45) is 23.7 Å². The van der Waals surface area contributed by atoms with Crippen LogP contribution in [0.4, 0.5) is 0 Å². The predicted molar refractivity (Wildman–Crippen MR) is 181 cm³/mol. The Hall–Kier alpha value is -1.46. The second-order valence-electron chi connectivity index (χ2n) is 15.5. The van der Waals surface area contributed by atoms with Crippen molar-refractivity contribution in [3.63, 3.8) is 0 Å². The van der Waals surface area contributed by atoms with Gasteiger partial charge in [0.25, 0.3) is 0 Å². The summed E-state index contributed by atoms with van der Waals surface area (Å²) in [6.07, 6.45) is 3.46. The van der Waals surface area contributed by atoms with Crippen LogP contribution < -0.4 is 26.6 Å². The van der Waals surface area contributed by atoms with Crippen molar-refractivity contribution in [2.45, 2.75) is 102 Å². The molecule has 0 bridgehead atoms. The molecule has 0 aromatic carbocycles. The van der Waals surface area contributed by atoms with E-state index >= 15 is 0 Å². The van der Waals surface area contributed by atoms with Crippen molar-refractivity contribution in [1.29, 1.82) is 0 Å². The van der Waals surface area contributed by atoms with Crippen LogP contribution >= 0.6 is 0 Å². The number of ether oxygens (including phenoxy) is 3. The number of rotatable bonds is 12. The fourth-order valence-electron chi connectivity index (χ4n) is 8.61. The maximum atomic E-state index is 13.5. The van der Waals surface area contributed by atoms with Crippen LogP contribution in [-0.2, 0) is 23.8 Å². The standard InChI is InChI=1S/C34H62N8O6/c1-21(2)33(45)41-9-11-42(12-10-41)34-38-28(13-31(39-34)37-25-17-46-18-25)32(44)35-14-26(43)16-40-8-7-27-22(3)29(6-5-24(27)15-40)47-19-30-23(4)36-20-48-30/h21-31,34,36-39,43H,5-20H2,1-4H3,(H,35,44)/t22?,23?,24?,26-,27?,28?,29?,30?,31?,34?/m0/s1. The van der Waals surface area contributed by atoms with Gasteiger partial charge in [-0.2, -0.15) is 0 Å². The molecule has 0 aromatic rings. The Labute approximate surface area is 286 Å². The number of carbonyl (C=O) groups excluding carboxylic acids is 2. The normalized spacial score (nSPS) is 37.6. The van der Waals surface area contributed by atoms with Crippen LogP contribution in [0.5, 0.6) is 0 Å². The molecule has 14 heteroatoms. The lowest BCUT2D eigenvalue weighted by Gasteiger charge is -2.47. The second kappa shape index (κ2) is 16.7. The van der Waals surface area contributed by atoms with Crippen LogP contribution in [0.25, 0.3) is 0 Å². The molecule has 6 fully saturated rings. The van der Waals surface area contributed by atoms with Crippen molar-refractivity contribution in [2.75, 3.05) is 78.9 Å². The van der Waals surface area contributed by atoms with E-state index in [1.54, 1.807) is 0 Å². The number of hydrogen-bond donors (Lipinski definition) is 6. The van der Waals surface area contributed by atoms with Crippen molar-refractivity contribution in [3.05, 3.63) is 0 Å². The van der Waals surface area contributed by atoms with E-state index in [4.69, 9.17) is 14.2 Å². The third-order valence-corrected chi connectivity index (χ3v) is 11.7. The van der Waals surface area contributed by atoms with Crippen molar-refractivity contribution in [1.82, 2.24) is 41.3 Å². The summed E-state index contributed by atoms with van der Waals surface area (Å²) in [5, 5.41) is 28.1. The largest absolute Gasteiger partial charge is 0.390 e. The highest BCUT2D eigenvalue weighted by atomic mass is 16.6. The summed E-state index contributed by atoms with van der Waals surface area (Å²) in [6.45, 7) is 16.5. The van der Waals surface area contributed by atoms with Gasteiger partial charge in [0.05, 0.1) is 63.1 Å². The summed E-state index contributed by atoms with van der Waals surface area (Å²) >= 11 is 0. The minimum atomic E-state index is -0.630. The molecule has 1 saturated carbocycles. The smallest absolute Gasteiger partial charge is 0.237 e. The van der Waals surface area contributed by atoms with E-state index in [9.17, 15) is 14.7 Å². The van der Waals surface area contributed by atoms with Crippen molar-refractivity contribution >= 4 is 11.8 Å². The van der Waals surface area contributed by atoms with Gasteiger partial charge < -0.3 is 34.4 Å². The minimum Gasteiger partial charge on any atom is -0.390 e. The minimum absolute atomic E-state index is 0.00998. The number of piperidine rings is 1. The van der Waals surface area contributed by atoms with Gasteiger partial charge in [-0.1, -0.05) is 20.8 Å². The van der Waals surface area contributed by atoms with Gasteiger partial charge in [0.2, 0.25) is 11.8 Å². The van der Waals surface area contributed by atoms with E-state index in [0.717, 1.165) is 45.4 Å². The molecule has 9 unspecified atom stereocenters. The molecule has 274 valence electrons. The number of nitrogens with one attached hydrogen (secondary N) is 5. The first-order valence-electron chi connectivity index (χ1n) is 18.7. The maximum Gasteiger partial charge on any atom is 0.237 e. The Morgan fingerprint density at radius 2 is 1.83 bits per heavy atom. The van der Waals surface area contributed by atoms with Crippen LogP contribution in [0, 0.1) is 23.7 Å². The van der Waals surface area contributed by atoms with Gasteiger partial charge in [0.1, 0.15) is 6.29 Å². The molecule has 2 amide bonds. The van der Waals surface area contributed by atoms with Crippen LogP contribution in [-0.4, -0.2) is 159 Å². The number of hydrogen-bond acceptors (Lipinski definition) is 12. The van der Waals surface area contributed by atoms with Crippen LogP contribution in [0.15, 0.2) is 0 Å². The zero-order chi connectivity index (χ0) is 33.8. The number of aliphatic hydroxyl groups is 1. The van der Waals surface area contributed by atoms with Gasteiger partial charge in [0.15, 0.2) is 0 Å². The number of amides is 2. The molecule has 6 rings (SSSR count). The molecule has 5 aliphatic heterocycles. The number of likely N-dealkylation sites (tertiary alicyclic amines) is 1. The number of nitrogens with zero attached hydrogens (tertiary/aromatic N) is 3. The van der Waals surface area contributed by atoms with Crippen molar-refractivity contribution in [3.8, 4) is 0 Å². The van der Waals surface area contributed by atoms with Gasteiger partial charge in [0, 0.05) is 64.2 Å². The molecule has 0 aromatic heterocycles. The third-order valence-electron chi connectivity index (χ3n) is 11.7. The molecule has 6 aliphatic rings. The second-order valence-corrected chi connectivity index (χ2v) is 15.5. The van der Waals surface area contributed by atoms with Gasteiger partial charge >= 0.3 is 0 Å². The first-order valence-corrected chi connectivity index (χ1v) is 18.7. The Balaban J connectivity index is 0.939. The summed E-state index contributed by atoms with van der Waals surface area (Å²) in [5.74, 6) is 1.86. The van der Waals surface area contributed by atoms with Gasteiger partial charge in [-0.3, -0.25) is 35.8 Å². The number of β-amino-alcohol motifs (C(OH)–C–C–N with tert-alkyl or cyclic N) is 1. The Morgan fingerprint density at radius 1 is 1.04 bits per heavy atom. The van der Waals surface area contributed by atoms with Gasteiger partial charge in [-0.15, -0.1) is 0 Å². The van der Waals surface area contributed by atoms with Crippen molar-refractivity contribution < 1.29 is 28.9 Å². The highest BCUT2D eigenvalue weighted by molar-refractivity contribution is 5.82. The molecule has 5 saturated heterocycles. The summed E-state index contributed by atoms with van der Waals surface area (Å²) < 4.78 is 17.5. The van der Waals surface area contributed by atoms with E-state index < -0.39 is 12.1 Å². The quantitative estimate of drug-likeness (QED) is 0.149. The fourth-order valence-corrected chi connectivity index (χ4v) is 8.61. The van der Waals surface area contributed by atoms with Gasteiger partial charge in [-0.05, 0) is 50.5 Å². The van der Waals surface area contributed by atoms with E-state index in [-0.39, 0.29) is 55.0 Å². The molecular formula is C34H62N8O6. The first kappa shape index (κ1) is 36.3. The van der Waals surface area contributed by atoms with E-state index in [1.807, 2.05) is 18.7 Å². The number of piperazine rings is 1. The SMILES string of the molecule is CC(C)C(=O)N1CCN(C2NC(NC3COC3)CC(C(=O)NC[C@H](O)CN3CCC4C(CCC(OCC5OCNC5C)C4C)C3)N2)CC1. The average Bonchev–Trinajstić information content (AvgIpc) is 3.48. The topological polar surface area (TPSA) is 152 Å². The molecule has 48 heavy (non-hydrogen) atoms. The Bertz CT molecular complexity index is 1060. The Kier molecular flexibility index (Phi) is 12.6. The third kappa shape index (κ3) is 9.06. The highest BCUT2D eigenvalue weighted by Gasteiger charge is 2.42. The molecule has 0 spiro atoms. The number of aliphatic hydroxyl groups excluding tert-OH is 1. The summed E-state index contributed by atoms with van der Waals surface area (Å²) in [5.41, 5.74) is 0. The summed E-state index contributed by atoms with van der Waals surface area (Å²) in [6, 6.07) is 0.196. The average molecular weight is 679 g/mol. The van der Waals surface area contributed by atoms with E-state index in [2.05, 4.69) is 50.2 Å². The molecule has 0 radical (unpaired) electrons. The maximum absolute atomic E-state index is 13.5. The van der Waals surface area contributed by atoms with Crippen LogP contribution in [0.3, 0.4) is 0 Å². The van der Waals surface area contributed by atoms with Crippen LogP contribution in [0.1, 0.15) is 53.4 Å². The Morgan fingerprint density at radius 3 is 2.52 bits per heavy atom. The lowest BCUT2D eigenvalue weighted by Crippen LogP contribution is -2.73. The molecule has 6 N–H and O–H groups in total. The number of carbonyl (C=O) groups is 2. The first-order chi connectivity index (χ1) is 23.1. The lowest BCUT2D eigenvalue weighted by molar-refractivity contribution is -0.137. The van der Waals surface area contributed by atoms with Crippen LogP contribution in [0.2, 0.25) is 0 Å². The molecule has 1 aliphatic carbocycles. The zero-order valence-corrected chi connectivity index (χ0v) is 29.6.